The lowest BCUT2D eigenvalue weighted by Gasteiger charge is -2.39. The highest BCUT2D eigenvalue weighted by molar-refractivity contribution is 7.91. The van der Waals surface area contributed by atoms with Crippen LogP contribution >= 0.6 is 0 Å². The molecular formula is C25H25F6N3O5S. The van der Waals surface area contributed by atoms with E-state index in [2.05, 4.69) is 10.6 Å². The van der Waals surface area contributed by atoms with Crippen LogP contribution in [0.2, 0.25) is 0 Å². The number of ether oxygens (including phenoxy) is 2. The van der Waals surface area contributed by atoms with Gasteiger partial charge in [-0.2, -0.15) is 26.3 Å². The summed E-state index contributed by atoms with van der Waals surface area (Å²) in [4.78, 5) is 0. The predicted octanol–water partition coefficient (Wildman–Crippen LogP) is 2.83. The molecule has 0 saturated carbocycles. The zero-order valence-electron chi connectivity index (χ0n) is 21.1. The molecule has 0 aliphatic carbocycles. The summed E-state index contributed by atoms with van der Waals surface area (Å²) in [6.45, 7) is 0.0700. The molecule has 15 heteroatoms. The standard InChI is InChI=1S/C25H25F6N3O5S/c1-38-21-6-4-3-5-17(21)20-11-22(40(2,36)37)39-23-18(12-32-13-33-23)19(34(20)35)9-14-7-15(24(26,27)28)10-16(8-14)25(29,30)31/h3-8,10-11,19,22,32-34H,9,12-13H2,1-2H3/b20-11-. The number of quaternary nitrogens is 1. The number of hydroxylamine groups is 2. The average Bonchev–Trinajstić information content (AvgIpc) is 2.87. The van der Waals surface area contributed by atoms with Crippen molar-refractivity contribution in [3.8, 4) is 5.75 Å². The Labute approximate surface area is 225 Å². The number of hydrogen-bond donors (Lipinski definition) is 3. The first-order valence-electron chi connectivity index (χ1n) is 11.8. The van der Waals surface area contributed by atoms with Crippen molar-refractivity contribution in [2.45, 2.75) is 30.3 Å². The Balaban J connectivity index is 1.91. The molecule has 0 saturated heterocycles. The van der Waals surface area contributed by atoms with Crippen LogP contribution in [0.3, 0.4) is 0 Å². The second kappa shape index (κ2) is 11.0. The largest absolute Gasteiger partial charge is 0.628 e. The Morgan fingerprint density at radius 1 is 1.07 bits per heavy atom. The van der Waals surface area contributed by atoms with Crippen molar-refractivity contribution in [2.24, 2.45) is 0 Å². The average molecular weight is 594 g/mol. The van der Waals surface area contributed by atoms with E-state index in [0.717, 1.165) is 12.3 Å². The second-order valence-corrected chi connectivity index (χ2v) is 11.4. The molecule has 0 aromatic heterocycles. The van der Waals surface area contributed by atoms with Gasteiger partial charge in [-0.15, -0.1) is 0 Å². The fraction of sp³-hybridized carbons (Fsp3) is 0.360. The Bertz CT molecular complexity index is 1410. The number of para-hydroxylation sites is 1. The maximum absolute atomic E-state index is 14.2. The van der Waals surface area contributed by atoms with Crippen molar-refractivity contribution < 1.29 is 49.3 Å². The number of rotatable bonds is 5. The van der Waals surface area contributed by atoms with Gasteiger partial charge in [0.25, 0.3) is 0 Å². The zero-order valence-corrected chi connectivity index (χ0v) is 21.9. The van der Waals surface area contributed by atoms with Crippen LogP contribution in [0, 0.1) is 5.21 Å². The minimum Gasteiger partial charge on any atom is -0.628 e. The lowest BCUT2D eigenvalue weighted by atomic mass is 9.93. The molecule has 218 valence electrons. The number of sulfone groups is 1. The summed E-state index contributed by atoms with van der Waals surface area (Å²) in [6, 6.07) is 6.00. The second-order valence-electron chi connectivity index (χ2n) is 9.27. The number of nitrogens with one attached hydrogen (secondary N) is 3. The summed E-state index contributed by atoms with van der Waals surface area (Å²) >= 11 is 0. The van der Waals surface area contributed by atoms with Crippen LogP contribution in [0.15, 0.2) is 60.0 Å². The molecule has 2 aromatic carbocycles. The third kappa shape index (κ3) is 6.37. The van der Waals surface area contributed by atoms with Gasteiger partial charge in [0.1, 0.15) is 17.5 Å². The van der Waals surface area contributed by atoms with E-state index in [4.69, 9.17) is 9.47 Å². The number of alkyl halides is 6. The van der Waals surface area contributed by atoms with E-state index in [1.165, 1.54) is 19.2 Å². The van der Waals surface area contributed by atoms with Crippen LogP contribution in [-0.2, 0) is 33.3 Å². The van der Waals surface area contributed by atoms with E-state index in [-0.39, 0.29) is 47.7 Å². The van der Waals surface area contributed by atoms with Crippen LogP contribution in [0.4, 0.5) is 26.3 Å². The van der Waals surface area contributed by atoms with Gasteiger partial charge in [-0.25, -0.2) is 8.42 Å². The van der Waals surface area contributed by atoms with Gasteiger partial charge < -0.3 is 25.1 Å². The molecule has 3 N–H and O–H groups in total. The first kappa shape index (κ1) is 29.7. The normalized spacial score (nSPS) is 23.6. The molecule has 0 amide bonds. The molecule has 3 atom stereocenters. The molecule has 0 bridgehead atoms. The topological polar surface area (TPSA) is 104 Å². The summed E-state index contributed by atoms with van der Waals surface area (Å²) in [5.41, 5.74) is -4.89. The van der Waals surface area contributed by atoms with E-state index in [0.29, 0.717) is 12.1 Å². The van der Waals surface area contributed by atoms with Crippen molar-refractivity contribution in [3.05, 3.63) is 87.5 Å². The molecule has 0 spiro atoms. The first-order chi connectivity index (χ1) is 18.6. The number of halogens is 6. The monoisotopic (exact) mass is 593 g/mol. The quantitative estimate of drug-likeness (QED) is 0.362. The van der Waals surface area contributed by atoms with Crippen molar-refractivity contribution in [3.63, 3.8) is 0 Å². The van der Waals surface area contributed by atoms with E-state index in [1.807, 2.05) is 0 Å². The number of hydrogen-bond acceptors (Lipinski definition) is 7. The lowest BCUT2D eigenvalue weighted by molar-refractivity contribution is -0.793. The van der Waals surface area contributed by atoms with Crippen molar-refractivity contribution in [2.75, 3.05) is 26.6 Å². The molecule has 40 heavy (non-hydrogen) atoms. The third-order valence-electron chi connectivity index (χ3n) is 6.43. The van der Waals surface area contributed by atoms with Gasteiger partial charge in [0.2, 0.25) is 5.44 Å². The minimum atomic E-state index is -5.08. The van der Waals surface area contributed by atoms with Crippen LogP contribution in [-0.4, -0.2) is 46.5 Å². The molecule has 0 radical (unpaired) electrons. The molecule has 2 aliphatic heterocycles. The Morgan fingerprint density at radius 3 is 2.27 bits per heavy atom. The maximum Gasteiger partial charge on any atom is 0.416 e. The molecule has 3 unspecified atom stereocenters. The van der Waals surface area contributed by atoms with Crippen LogP contribution < -0.4 is 20.4 Å². The van der Waals surface area contributed by atoms with E-state index in [1.54, 1.807) is 12.1 Å². The summed E-state index contributed by atoms with van der Waals surface area (Å²) in [6.07, 6.45) is -8.74. The maximum atomic E-state index is 14.2. The van der Waals surface area contributed by atoms with Crippen molar-refractivity contribution in [1.82, 2.24) is 10.6 Å². The Hall–Kier alpha value is -3.27. The fourth-order valence-electron chi connectivity index (χ4n) is 4.54. The van der Waals surface area contributed by atoms with Gasteiger partial charge >= 0.3 is 12.4 Å². The predicted molar refractivity (Wildman–Crippen MR) is 132 cm³/mol. The van der Waals surface area contributed by atoms with Crippen molar-refractivity contribution in [1.29, 1.82) is 0 Å². The summed E-state index contributed by atoms with van der Waals surface area (Å²) in [5.74, 6) is 0.104. The molecule has 2 heterocycles. The molecule has 8 nitrogen and oxygen atoms in total. The number of benzene rings is 2. The molecular weight excluding hydrogens is 568 g/mol. The Kier molecular flexibility index (Phi) is 8.13. The molecule has 0 fully saturated rings. The summed E-state index contributed by atoms with van der Waals surface area (Å²) in [7, 11) is -2.63. The molecule has 2 aromatic rings. The highest BCUT2D eigenvalue weighted by atomic mass is 32.2. The molecule has 4 rings (SSSR count). The van der Waals surface area contributed by atoms with Crippen molar-refractivity contribution >= 4 is 15.5 Å². The van der Waals surface area contributed by atoms with Gasteiger partial charge in [-0.05, 0) is 35.9 Å². The van der Waals surface area contributed by atoms with Crippen LogP contribution in [0.1, 0.15) is 22.3 Å². The van der Waals surface area contributed by atoms with Gasteiger partial charge in [0.05, 0.1) is 36.0 Å². The fourth-order valence-corrected chi connectivity index (χ4v) is 5.19. The molecule has 2 aliphatic rings. The smallest absolute Gasteiger partial charge is 0.416 e. The van der Waals surface area contributed by atoms with Gasteiger partial charge in [-0.1, -0.05) is 12.1 Å². The highest BCUT2D eigenvalue weighted by Crippen LogP contribution is 2.37. The number of methoxy groups -OCH3 is 1. The Morgan fingerprint density at radius 2 is 1.70 bits per heavy atom. The van der Waals surface area contributed by atoms with Gasteiger partial charge in [-0.3, -0.25) is 5.32 Å². The van der Waals surface area contributed by atoms with E-state index < -0.39 is 61.8 Å². The van der Waals surface area contributed by atoms with E-state index in [9.17, 15) is 40.0 Å². The van der Waals surface area contributed by atoms with Gasteiger partial charge in [0, 0.05) is 25.3 Å². The first-order valence-corrected chi connectivity index (χ1v) is 13.8. The van der Waals surface area contributed by atoms with Crippen LogP contribution in [0.25, 0.3) is 5.70 Å². The van der Waals surface area contributed by atoms with Gasteiger partial charge in [0.15, 0.2) is 15.7 Å². The third-order valence-corrected chi connectivity index (χ3v) is 7.50. The zero-order chi connectivity index (χ0) is 29.5. The highest BCUT2D eigenvalue weighted by Gasteiger charge is 2.40. The van der Waals surface area contributed by atoms with Crippen LogP contribution in [0.5, 0.6) is 5.75 Å². The van der Waals surface area contributed by atoms with E-state index >= 15 is 0 Å². The summed E-state index contributed by atoms with van der Waals surface area (Å²) in [5, 5.41) is 19.1. The SMILES string of the molecule is COc1ccccc1/C1=C/C(S(C)(=O)=O)OC2=C(CNCN2)C(Cc2cc(C(F)(F)F)cc(C(F)(F)F)c2)[NH+]1[O-]. The summed E-state index contributed by atoms with van der Waals surface area (Å²) < 4.78 is 118. The lowest BCUT2D eigenvalue weighted by Crippen LogP contribution is -3.09. The minimum absolute atomic E-state index is 0.0118.